The summed E-state index contributed by atoms with van der Waals surface area (Å²) in [7, 11) is 1.64. The number of ether oxygens (including phenoxy) is 1. The van der Waals surface area contributed by atoms with Crippen LogP contribution in [-0.2, 0) is 6.42 Å². The maximum atomic E-state index is 5.89. The number of nitrogens with zero attached hydrogens (tertiary/aromatic N) is 1. The molecule has 0 aliphatic heterocycles. The maximum absolute atomic E-state index is 5.89. The lowest BCUT2D eigenvalue weighted by atomic mass is 10.2. The molecule has 0 unspecified atom stereocenters. The van der Waals surface area contributed by atoms with Crippen molar-refractivity contribution >= 4 is 11.4 Å². The lowest BCUT2D eigenvalue weighted by Gasteiger charge is -2.10. The normalized spacial score (nSPS) is 10.1. The maximum Gasteiger partial charge on any atom is 0.121 e. The third kappa shape index (κ3) is 3.13. The van der Waals surface area contributed by atoms with Crippen LogP contribution in [0.4, 0.5) is 11.4 Å². The quantitative estimate of drug-likeness (QED) is 0.791. The monoisotopic (exact) mass is 243 g/mol. The van der Waals surface area contributed by atoms with E-state index in [2.05, 4.69) is 10.3 Å². The van der Waals surface area contributed by atoms with E-state index in [1.165, 1.54) is 0 Å². The van der Waals surface area contributed by atoms with Crippen LogP contribution in [0, 0.1) is 0 Å². The minimum Gasteiger partial charge on any atom is -0.497 e. The number of anilines is 2. The van der Waals surface area contributed by atoms with Crippen LogP contribution in [0.2, 0.25) is 0 Å². The fraction of sp³-hybridized carbons (Fsp3) is 0.214. The van der Waals surface area contributed by atoms with Gasteiger partial charge in [-0.05, 0) is 24.3 Å². The van der Waals surface area contributed by atoms with Crippen molar-refractivity contribution < 1.29 is 4.74 Å². The number of methoxy groups -OCH3 is 1. The molecule has 4 nitrogen and oxygen atoms in total. The Hall–Kier alpha value is -2.23. The standard InChI is InChI=1S/C14H17N3O/c1-18-12-5-6-13(15)14(10-12)17-9-7-11-4-2-3-8-16-11/h2-6,8,10,17H,7,9,15H2,1H3. The fourth-order valence-electron chi connectivity index (χ4n) is 1.69. The summed E-state index contributed by atoms with van der Waals surface area (Å²) in [6, 6.07) is 11.5. The predicted molar refractivity (Wildman–Crippen MR) is 73.8 cm³/mol. The Kier molecular flexibility index (Phi) is 4.02. The van der Waals surface area contributed by atoms with Crippen molar-refractivity contribution in [2.75, 3.05) is 24.7 Å². The minimum atomic E-state index is 0.719. The summed E-state index contributed by atoms with van der Waals surface area (Å²) >= 11 is 0. The van der Waals surface area contributed by atoms with E-state index < -0.39 is 0 Å². The first-order chi connectivity index (χ1) is 8.79. The van der Waals surface area contributed by atoms with Gasteiger partial charge in [0.15, 0.2) is 0 Å². The van der Waals surface area contributed by atoms with Gasteiger partial charge in [-0.1, -0.05) is 6.07 Å². The summed E-state index contributed by atoms with van der Waals surface area (Å²) in [5, 5.41) is 3.29. The Bertz CT molecular complexity index is 500. The topological polar surface area (TPSA) is 60.2 Å². The molecule has 18 heavy (non-hydrogen) atoms. The van der Waals surface area contributed by atoms with Crippen molar-refractivity contribution in [2.45, 2.75) is 6.42 Å². The molecule has 0 aliphatic carbocycles. The highest BCUT2D eigenvalue weighted by Gasteiger charge is 2.01. The molecule has 1 aromatic carbocycles. The zero-order valence-corrected chi connectivity index (χ0v) is 10.4. The number of pyridine rings is 1. The smallest absolute Gasteiger partial charge is 0.121 e. The molecule has 0 saturated carbocycles. The molecule has 0 amide bonds. The molecule has 0 radical (unpaired) electrons. The summed E-state index contributed by atoms with van der Waals surface area (Å²) in [5.41, 5.74) is 8.56. The van der Waals surface area contributed by atoms with E-state index in [-0.39, 0.29) is 0 Å². The van der Waals surface area contributed by atoms with E-state index in [1.54, 1.807) is 13.3 Å². The van der Waals surface area contributed by atoms with Gasteiger partial charge in [0.05, 0.1) is 18.5 Å². The summed E-state index contributed by atoms with van der Waals surface area (Å²) in [6.07, 6.45) is 2.66. The van der Waals surface area contributed by atoms with Gasteiger partial charge in [0.1, 0.15) is 5.75 Å². The molecular formula is C14H17N3O. The average Bonchev–Trinajstić information content (AvgIpc) is 2.42. The van der Waals surface area contributed by atoms with Crippen molar-refractivity contribution in [1.29, 1.82) is 0 Å². The molecule has 0 atom stereocenters. The number of benzene rings is 1. The molecule has 1 aromatic heterocycles. The average molecular weight is 243 g/mol. The SMILES string of the molecule is COc1ccc(N)c(NCCc2ccccn2)c1. The van der Waals surface area contributed by atoms with Crippen LogP contribution in [-0.4, -0.2) is 18.6 Å². The zero-order chi connectivity index (χ0) is 12.8. The second-order valence-electron chi connectivity index (χ2n) is 3.95. The van der Waals surface area contributed by atoms with Gasteiger partial charge in [-0.15, -0.1) is 0 Å². The fourth-order valence-corrected chi connectivity index (χ4v) is 1.69. The van der Waals surface area contributed by atoms with E-state index in [4.69, 9.17) is 10.5 Å². The summed E-state index contributed by atoms with van der Waals surface area (Å²) in [6.45, 7) is 0.786. The molecule has 1 heterocycles. The highest BCUT2D eigenvalue weighted by molar-refractivity contribution is 5.68. The van der Waals surface area contributed by atoms with Crippen molar-refractivity contribution in [2.24, 2.45) is 0 Å². The largest absolute Gasteiger partial charge is 0.497 e. The van der Waals surface area contributed by atoms with Gasteiger partial charge in [0.2, 0.25) is 0 Å². The highest BCUT2D eigenvalue weighted by Crippen LogP contribution is 2.24. The second-order valence-corrected chi connectivity index (χ2v) is 3.95. The number of aromatic nitrogens is 1. The van der Waals surface area contributed by atoms with Crippen LogP contribution >= 0.6 is 0 Å². The van der Waals surface area contributed by atoms with Gasteiger partial charge in [-0.2, -0.15) is 0 Å². The number of hydrogen-bond acceptors (Lipinski definition) is 4. The molecule has 0 aliphatic rings. The van der Waals surface area contributed by atoms with Crippen molar-refractivity contribution in [3.8, 4) is 5.75 Å². The Morgan fingerprint density at radius 1 is 1.28 bits per heavy atom. The van der Waals surface area contributed by atoms with E-state index in [0.717, 1.165) is 35.8 Å². The van der Waals surface area contributed by atoms with Gasteiger partial charge in [0.25, 0.3) is 0 Å². The lowest BCUT2D eigenvalue weighted by Crippen LogP contribution is -2.07. The van der Waals surface area contributed by atoms with Gasteiger partial charge in [-0.25, -0.2) is 0 Å². The molecule has 0 spiro atoms. The number of nitrogen functional groups attached to an aromatic ring is 1. The number of nitrogens with two attached hydrogens (primary N) is 1. The van der Waals surface area contributed by atoms with Crippen molar-refractivity contribution in [3.63, 3.8) is 0 Å². The van der Waals surface area contributed by atoms with E-state index in [0.29, 0.717) is 0 Å². The van der Waals surface area contributed by atoms with Crippen LogP contribution in [0.3, 0.4) is 0 Å². The van der Waals surface area contributed by atoms with Gasteiger partial charge in [0, 0.05) is 30.9 Å². The third-order valence-corrected chi connectivity index (χ3v) is 2.68. The molecule has 0 bridgehead atoms. The molecule has 94 valence electrons. The Labute approximate surface area is 107 Å². The molecule has 3 N–H and O–H groups in total. The molecular weight excluding hydrogens is 226 g/mol. The molecule has 0 saturated heterocycles. The Morgan fingerprint density at radius 2 is 2.17 bits per heavy atom. The lowest BCUT2D eigenvalue weighted by molar-refractivity contribution is 0.415. The first-order valence-corrected chi connectivity index (χ1v) is 5.87. The summed E-state index contributed by atoms with van der Waals surface area (Å²) in [5.74, 6) is 0.796. The van der Waals surface area contributed by atoms with Crippen molar-refractivity contribution in [3.05, 3.63) is 48.3 Å². The summed E-state index contributed by atoms with van der Waals surface area (Å²) in [4.78, 5) is 4.27. The van der Waals surface area contributed by atoms with Crippen LogP contribution < -0.4 is 15.8 Å². The van der Waals surface area contributed by atoms with Crippen LogP contribution in [0.5, 0.6) is 5.75 Å². The number of hydrogen-bond donors (Lipinski definition) is 2. The van der Waals surface area contributed by atoms with Gasteiger partial charge >= 0.3 is 0 Å². The summed E-state index contributed by atoms with van der Waals surface area (Å²) < 4.78 is 5.17. The van der Waals surface area contributed by atoms with Crippen molar-refractivity contribution in [1.82, 2.24) is 4.98 Å². The Balaban J connectivity index is 1.94. The molecule has 2 aromatic rings. The van der Waals surface area contributed by atoms with Crippen LogP contribution in [0.15, 0.2) is 42.6 Å². The van der Waals surface area contributed by atoms with Crippen LogP contribution in [0.25, 0.3) is 0 Å². The number of rotatable bonds is 5. The minimum absolute atomic E-state index is 0.719. The van der Waals surface area contributed by atoms with E-state index in [9.17, 15) is 0 Å². The second kappa shape index (κ2) is 5.91. The van der Waals surface area contributed by atoms with E-state index >= 15 is 0 Å². The third-order valence-electron chi connectivity index (χ3n) is 2.68. The van der Waals surface area contributed by atoms with Gasteiger partial charge < -0.3 is 15.8 Å². The molecule has 2 rings (SSSR count). The molecule has 0 fully saturated rings. The first-order valence-electron chi connectivity index (χ1n) is 5.87. The number of nitrogens with one attached hydrogen (secondary N) is 1. The molecule has 4 heteroatoms. The zero-order valence-electron chi connectivity index (χ0n) is 10.4. The first kappa shape index (κ1) is 12.2. The van der Waals surface area contributed by atoms with Crippen LogP contribution in [0.1, 0.15) is 5.69 Å². The predicted octanol–water partition coefficient (Wildman–Crippen LogP) is 2.33. The van der Waals surface area contributed by atoms with E-state index in [1.807, 2.05) is 36.4 Å². The highest BCUT2D eigenvalue weighted by atomic mass is 16.5. The van der Waals surface area contributed by atoms with Gasteiger partial charge in [-0.3, -0.25) is 4.98 Å². The Morgan fingerprint density at radius 3 is 2.89 bits per heavy atom.